The minimum atomic E-state index is -0.259. The van der Waals surface area contributed by atoms with Crippen LogP contribution in [-0.2, 0) is 9.53 Å². The number of hydrogen-bond acceptors (Lipinski definition) is 3. The number of methoxy groups -OCH3 is 1. The maximum atomic E-state index is 13.4. The minimum Gasteiger partial charge on any atom is -0.385 e. The largest absolute Gasteiger partial charge is 0.385 e. The SMILES string of the molecule is COCCCCC(=O)N1CCNCC1c1cccc(F)c1.Cl. The van der Waals surface area contributed by atoms with E-state index in [4.69, 9.17) is 4.74 Å². The number of carbonyl (C=O) groups is 1. The quantitative estimate of drug-likeness (QED) is 0.815. The van der Waals surface area contributed by atoms with E-state index in [0.717, 1.165) is 24.9 Å². The number of carbonyl (C=O) groups excluding carboxylic acids is 1. The highest BCUT2D eigenvalue weighted by atomic mass is 35.5. The number of nitrogens with one attached hydrogen (secondary N) is 1. The second-order valence-electron chi connectivity index (χ2n) is 5.31. The Kier molecular flexibility index (Phi) is 8.38. The Morgan fingerprint density at radius 1 is 1.45 bits per heavy atom. The molecular formula is C16H24ClFN2O2. The summed E-state index contributed by atoms with van der Waals surface area (Å²) in [4.78, 5) is 14.3. The number of piperazine rings is 1. The molecule has 2 rings (SSSR count). The minimum absolute atomic E-state index is 0. The van der Waals surface area contributed by atoms with Crippen molar-refractivity contribution in [3.63, 3.8) is 0 Å². The highest BCUT2D eigenvalue weighted by Crippen LogP contribution is 2.24. The Morgan fingerprint density at radius 2 is 2.27 bits per heavy atom. The number of halogens is 2. The third-order valence-electron chi connectivity index (χ3n) is 3.79. The van der Waals surface area contributed by atoms with Crippen LogP contribution in [0.15, 0.2) is 24.3 Å². The molecule has 1 N–H and O–H groups in total. The van der Waals surface area contributed by atoms with Gasteiger partial charge in [0, 0.05) is 39.8 Å². The van der Waals surface area contributed by atoms with E-state index in [-0.39, 0.29) is 30.2 Å². The first-order valence-electron chi connectivity index (χ1n) is 7.47. The molecule has 1 saturated heterocycles. The predicted octanol–water partition coefficient (Wildman–Crippen LogP) is 2.54. The first kappa shape index (κ1) is 18.9. The molecule has 22 heavy (non-hydrogen) atoms. The lowest BCUT2D eigenvalue weighted by Gasteiger charge is -2.36. The molecule has 0 bridgehead atoms. The van der Waals surface area contributed by atoms with Crippen LogP contribution >= 0.6 is 12.4 Å². The highest BCUT2D eigenvalue weighted by Gasteiger charge is 2.27. The highest BCUT2D eigenvalue weighted by molar-refractivity contribution is 5.85. The van der Waals surface area contributed by atoms with E-state index in [1.54, 1.807) is 13.2 Å². The Bertz CT molecular complexity index is 473. The van der Waals surface area contributed by atoms with Gasteiger partial charge >= 0.3 is 0 Å². The molecule has 6 heteroatoms. The second-order valence-corrected chi connectivity index (χ2v) is 5.31. The van der Waals surface area contributed by atoms with E-state index in [1.165, 1.54) is 12.1 Å². The number of nitrogens with zero attached hydrogens (tertiary/aromatic N) is 1. The van der Waals surface area contributed by atoms with Gasteiger partial charge in [0.15, 0.2) is 0 Å². The molecule has 4 nitrogen and oxygen atoms in total. The van der Waals surface area contributed by atoms with Crippen molar-refractivity contribution in [1.82, 2.24) is 10.2 Å². The van der Waals surface area contributed by atoms with Gasteiger partial charge in [-0.2, -0.15) is 0 Å². The molecule has 1 aromatic rings. The fraction of sp³-hybridized carbons (Fsp3) is 0.562. The molecule has 1 atom stereocenters. The molecule has 0 radical (unpaired) electrons. The lowest BCUT2D eigenvalue weighted by Crippen LogP contribution is -2.48. The molecule has 1 fully saturated rings. The number of unbranched alkanes of at least 4 members (excludes halogenated alkanes) is 1. The standard InChI is InChI=1S/C16H23FN2O2.ClH/c1-21-10-3-2-7-16(20)19-9-8-18-12-15(19)13-5-4-6-14(17)11-13;/h4-6,11,15,18H,2-3,7-10,12H2,1H3;1H. The molecular weight excluding hydrogens is 307 g/mol. The molecule has 0 aliphatic carbocycles. The molecule has 1 unspecified atom stereocenters. The smallest absolute Gasteiger partial charge is 0.223 e. The van der Waals surface area contributed by atoms with Gasteiger partial charge < -0.3 is 15.0 Å². The van der Waals surface area contributed by atoms with Gasteiger partial charge in [0.1, 0.15) is 5.82 Å². The monoisotopic (exact) mass is 330 g/mol. The van der Waals surface area contributed by atoms with E-state index >= 15 is 0 Å². The van der Waals surface area contributed by atoms with E-state index in [1.807, 2.05) is 11.0 Å². The van der Waals surface area contributed by atoms with Gasteiger partial charge in [-0.25, -0.2) is 4.39 Å². The molecule has 1 aliphatic heterocycles. The van der Waals surface area contributed by atoms with Gasteiger partial charge in [0.2, 0.25) is 5.91 Å². The number of ether oxygens (including phenoxy) is 1. The van der Waals surface area contributed by atoms with Crippen molar-refractivity contribution >= 4 is 18.3 Å². The average molecular weight is 331 g/mol. The molecule has 1 heterocycles. The van der Waals surface area contributed by atoms with Crippen molar-refractivity contribution in [2.24, 2.45) is 0 Å². The van der Waals surface area contributed by atoms with E-state index in [2.05, 4.69) is 5.32 Å². The summed E-state index contributed by atoms with van der Waals surface area (Å²) in [6, 6.07) is 6.44. The summed E-state index contributed by atoms with van der Waals surface area (Å²) in [6.07, 6.45) is 2.24. The fourth-order valence-corrected chi connectivity index (χ4v) is 2.68. The summed E-state index contributed by atoms with van der Waals surface area (Å²) < 4.78 is 18.4. The van der Waals surface area contributed by atoms with Gasteiger partial charge in [-0.3, -0.25) is 4.79 Å². The number of rotatable bonds is 6. The molecule has 1 aliphatic rings. The van der Waals surface area contributed by atoms with Crippen molar-refractivity contribution in [2.45, 2.75) is 25.3 Å². The Morgan fingerprint density at radius 3 is 3.00 bits per heavy atom. The first-order valence-corrected chi connectivity index (χ1v) is 7.47. The van der Waals surface area contributed by atoms with E-state index in [0.29, 0.717) is 26.1 Å². The van der Waals surface area contributed by atoms with Gasteiger partial charge in [0.05, 0.1) is 6.04 Å². The predicted molar refractivity (Wildman–Crippen MR) is 86.7 cm³/mol. The third-order valence-corrected chi connectivity index (χ3v) is 3.79. The van der Waals surface area contributed by atoms with Crippen LogP contribution in [0.3, 0.4) is 0 Å². The van der Waals surface area contributed by atoms with Crippen LogP contribution in [0.1, 0.15) is 30.9 Å². The Labute approximate surface area is 137 Å². The Balaban J connectivity index is 0.00000242. The first-order chi connectivity index (χ1) is 10.2. The molecule has 0 saturated carbocycles. The van der Waals surface area contributed by atoms with Crippen LogP contribution < -0.4 is 5.32 Å². The summed E-state index contributed by atoms with van der Waals surface area (Å²) in [5, 5.41) is 3.28. The lowest BCUT2D eigenvalue weighted by atomic mass is 10.0. The zero-order valence-electron chi connectivity index (χ0n) is 12.9. The topological polar surface area (TPSA) is 41.6 Å². The zero-order chi connectivity index (χ0) is 15.1. The van der Waals surface area contributed by atoms with Crippen LogP contribution in [0, 0.1) is 5.82 Å². The zero-order valence-corrected chi connectivity index (χ0v) is 13.7. The van der Waals surface area contributed by atoms with Crippen molar-refractivity contribution in [3.05, 3.63) is 35.6 Å². The third kappa shape index (κ3) is 5.23. The Hall–Kier alpha value is -1.17. The fourth-order valence-electron chi connectivity index (χ4n) is 2.68. The van der Waals surface area contributed by atoms with Crippen molar-refractivity contribution in [2.75, 3.05) is 33.4 Å². The normalized spacial score (nSPS) is 17.9. The van der Waals surface area contributed by atoms with Crippen molar-refractivity contribution < 1.29 is 13.9 Å². The summed E-state index contributed by atoms with van der Waals surface area (Å²) in [7, 11) is 1.66. The molecule has 124 valence electrons. The lowest BCUT2D eigenvalue weighted by molar-refractivity contribution is -0.134. The number of hydrogen-bond donors (Lipinski definition) is 1. The van der Waals surface area contributed by atoms with Crippen LogP contribution in [0.4, 0.5) is 4.39 Å². The average Bonchev–Trinajstić information content (AvgIpc) is 2.51. The number of benzene rings is 1. The van der Waals surface area contributed by atoms with E-state index < -0.39 is 0 Å². The van der Waals surface area contributed by atoms with Gasteiger partial charge in [0.25, 0.3) is 0 Å². The van der Waals surface area contributed by atoms with Crippen LogP contribution in [-0.4, -0.2) is 44.2 Å². The van der Waals surface area contributed by atoms with Gasteiger partial charge in [-0.1, -0.05) is 12.1 Å². The van der Waals surface area contributed by atoms with Gasteiger partial charge in [-0.05, 0) is 30.5 Å². The number of amides is 1. The van der Waals surface area contributed by atoms with Crippen LogP contribution in [0.25, 0.3) is 0 Å². The van der Waals surface area contributed by atoms with Gasteiger partial charge in [-0.15, -0.1) is 12.4 Å². The van der Waals surface area contributed by atoms with Crippen LogP contribution in [0.5, 0.6) is 0 Å². The molecule has 1 amide bonds. The summed E-state index contributed by atoms with van der Waals surface area (Å²) in [6.45, 7) is 2.81. The second kappa shape index (κ2) is 9.77. The van der Waals surface area contributed by atoms with Crippen molar-refractivity contribution in [3.8, 4) is 0 Å². The summed E-state index contributed by atoms with van der Waals surface area (Å²) in [5.74, 6) is -0.118. The molecule has 0 aromatic heterocycles. The van der Waals surface area contributed by atoms with Crippen LogP contribution in [0.2, 0.25) is 0 Å². The van der Waals surface area contributed by atoms with E-state index in [9.17, 15) is 9.18 Å². The maximum Gasteiger partial charge on any atom is 0.223 e. The molecule has 0 spiro atoms. The maximum absolute atomic E-state index is 13.4. The van der Waals surface area contributed by atoms with Crippen molar-refractivity contribution in [1.29, 1.82) is 0 Å². The summed E-state index contributed by atoms with van der Waals surface area (Å²) in [5.41, 5.74) is 0.854. The summed E-state index contributed by atoms with van der Waals surface area (Å²) >= 11 is 0. The molecule has 1 aromatic carbocycles.